The Balaban J connectivity index is 2.29. The molecule has 0 saturated carbocycles. The van der Waals surface area contributed by atoms with E-state index < -0.39 is 0 Å². The van der Waals surface area contributed by atoms with Crippen molar-refractivity contribution in [3.05, 3.63) is 53.7 Å². The van der Waals surface area contributed by atoms with Crippen LogP contribution in [0.5, 0.6) is 0 Å². The number of ether oxygens (including phenoxy) is 1. The Labute approximate surface area is 123 Å². The summed E-state index contributed by atoms with van der Waals surface area (Å²) in [5, 5.41) is 13.5. The molecule has 2 heterocycles. The van der Waals surface area contributed by atoms with Crippen LogP contribution < -0.4 is 0 Å². The number of fused-ring (bicyclic) bond motifs is 3. The highest BCUT2D eigenvalue weighted by molar-refractivity contribution is 6.00. The van der Waals surface area contributed by atoms with Crippen LogP contribution in [-0.4, -0.2) is 29.0 Å². The molecule has 0 amide bonds. The van der Waals surface area contributed by atoms with Crippen LogP contribution in [0, 0.1) is 0 Å². The molecular formula is C17H18N2O2. The Hall–Kier alpha value is -2.33. The second-order valence-electron chi connectivity index (χ2n) is 5.10. The van der Waals surface area contributed by atoms with Crippen molar-refractivity contribution in [1.29, 1.82) is 0 Å². The van der Waals surface area contributed by atoms with Gasteiger partial charge in [-0.25, -0.2) is 0 Å². The van der Waals surface area contributed by atoms with Gasteiger partial charge in [0.2, 0.25) is 0 Å². The normalized spacial score (nSPS) is 12.4. The van der Waals surface area contributed by atoms with Crippen molar-refractivity contribution in [1.82, 2.24) is 4.40 Å². The number of hydrogen-bond donors (Lipinski definition) is 1. The molecule has 108 valence electrons. The van der Waals surface area contributed by atoms with E-state index in [-0.39, 0.29) is 0 Å². The Bertz CT molecular complexity index is 818. The first kappa shape index (κ1) is 13.6. The molecule has 21 heavy (non-hydrogen) atoms. The quantitative estimate of drug-likeness (QED) is 0.452. The van der Waals surface area contributed by atoms with Gasteiger partial charge in [-0.2, -0.15) is 0 Å². The van der Waals surface area contributed by atoms with E-state index in [0.717, 1.165) is 17.5 Å². The van der Waals surface area contributed by atoms with Crippen LogP contribution in [0.2, 0.25) is 0 Å². The highest BCUT2D eigenvalue weighted by Gasteiger charge is 2.12. The van der Waals surface area contributed by atoms with E-state index in [9.17, 15) is 0 Å². The maximum Gasteiger partial charge on any atom is 0.0851 e. The predicted molar refractivity (Wildman–Crippen MR) is 84.5 cm³/mol. The fourth-order valence-corrected chi connectivity index (χ4v) is 2.76. The lowest BCUT2D eigenvalue weighted by Crippen LogP contribution is -1.98. The molecule has 4 heteroatoms. The SMILES string of the molecule is COCCc1c2ccccc2n2cc(C(C)=NO)ccc12. The fourth-order valence-electron chi connectivity index (χ4n) is 2.76. The molecule has 0 saturated heterocycles. The van der Waals surface area contributed by atoms with Crippen molar-refractivity contribution in [2.75, 3.05) is 13.7 Å². The van der Waals surface area contributed by atoms with Gasteiger partial charge in [-0.05, 0) is 37.1 Å². The van der Waals surface area contributed by atoms with Crippen LogP contribution in [0.4, 0.5) is 0 Å². The zero-order valence-corrected chi connectivity index (χ0v) is 12.2. The van der Waals surface area contributed by atoms with Crippen LogP contribution >= 0.6 is 0 Å². The molecule has 0 aliphatic carbocycles. The summed E-state index contributed by atoms with van der Waals surface area (Å²) in [6.45, 7) is 2.49. The third-order valence-corrected chi connectivity index (χ3v) is 3.87. The molecule has 3 aromatic rings. The van der Waals surface area contributed by atoms with Crippen LogP contribution in [-0.2, 0) is 11.2 Å². The minimum absolute atomic E-state index is 0.605. The number of nitrogens with zero attached hydrogens (tertiary/aromatic N) is 2. The van der Waals surface area contributed by atoms with E-state index >= 15 is 0 Å². The van der Waals surface area contributed by atoms with Crippen molar-refractivity contribution < 1.29 is 9.94 Å². The van der Waals surface area contributed by atoms with Gasteiger partial charge in [0.1, 0.15) is 0 Å². The van der Waals surface area contributed by atoms with Crippen molar-refractivity contribution >= 4 is 22.1 Å². The Kier molecular flexibility index (Phi) is 3.62. The first-order valence-corrected chi connectivity index (χ1v) is 6.96. The lowest BCUT2D eigenvalue weighted by molar-refractivity contribution is 0.203. The molecule has 0 aliphatic rings. The fraction of sp³-hybridized carbons (Fsp3) is 0.235. The third kappa shape index (κ3) is 2.28. The number of para-hydroxylation sites is 1. The van der Waals surface area contributed by atoms with Gasteiger partial charge in [-0.1, -0.05) is 23.4 Å². The molecule has 3 rings (SSSR count). The summed E-state index contributed by atoms with van der Waals surface area (Å²) in [4.78, 5) is 0. The number of rotatable bonds is 4. The predicted octanol–water partition coefficient (Wildman–Crippen LogP) is 3.48. The lowest BCUT2D eigenvalue weighted by atomic mass is 10.1. The van der Waals surface area contributed by atoms with Crippen molar-refractivity contribution in [3.8, 4) is 0 Å². The number of aromatic nitrogens is 1. The summed E-state index contributed by atoms with van der Waals surface area (Å²) in [5.41, 5.74) is 5.13. The molecular weight excluding hydrogens is 264 g/mol. The van der Waals surface area contributed by atoms with Crippen LogP contribution in [0.15, 0.2) is 47.8 Å². The Morgan fingerprint density at radius 2 is 2.00 bits per heavy atom. The summed E-state index contributed by atoms with van der Waals surface area (Å²) < 4.78 is 7.39. The van der Waals surface area contributed by atoms with Crippen molar-refractivity contribution in [2.45, 2.75) is 13.3 Å². The standard InChI is InChI=1S/C17H18N2O2/c1-12(18-20)13-7-8-17-15(9-10-21-2)14-5-3-4-6-16(14)19(17)11-13/h3-8,11,20H,9-10H2,1-2H3. The largest absolute Gasteiger partial charge is 0.411 e. The minimum Gasteiger partial charge on any atom is -0.411 e. The van der Waals surface area contributed by atoms with Gasteiger partial charge in [0, 0.05) is 29.8 Å². The van der Waals surface area contributed by atoms with E-state index in [2.05, 4.69) is 33.8 Å². The molecule has 0 bridgehead atoms. The molecule has 4 nitrogen and oxygen atoms in total. The summed E-state index contributed by atoms with van der Waals surface area (Å²) in [6.07, 6.45) is 2.89. The second kappa shape index (κ2) is 5.58. The van der Waals surface area contributed by atoms with Crippen molar-refractivity contribution in [3.63, 3.8) is 0 Å². The average Bonchev–Trinajstić information content (AvgIpc) is 2.85. The number of benzene rings is 1. The number of methoxy groups -OCH3 is 1. The van der Waals surface area contributed by atoms with Crippen molar-refractivity contribution in [2.24, 2.45) is 5.16 Å². The van der Waals surface area contributed by atoms with Gasteiger partial charge in [-0.15, -0.1) is 0 Å². The summed E-state index contributed by atoms with van der Waals surface area (Å²) in [6, 6.07) is 12.4. The van der Waals surface area contributed by atoms with Gasteiger partial charge >= 0.3 is 0 Å². The van der Waals surface area contributed by atoms with Crippen LogP contribution in [0.1, 0.15) is 18.1 Å². The highest BCUT2D eigenvalue weighted by atomic mass is 16.5. The monoisotopic (exact) mass is 282 g/mol. The molecule has 0 fully saturated rings. The summed E-state index contributed by atoms with van der Waals surface area (Å²) in [5.74, 6) is 0. The first-order valence-electron chi connectivity index (χ1n) is 6.96. The topological polar surface area (TPSA) is 46.2 Å². The van der Waals surface area contributed by atoms with Gasteiger partial charge in [0.05, 0.1) is 17.8 Å². The molecule has 0 atom stereocenters. The zero-order chi connectivity index (χ0) is 14.8. The molecule has 1 N–H and O–H groups in total. The van der Waals surface area contributed by atoms with E-state index in [4.69, 9.17) is 9.94 Å². The number of hydrogen-bond acceptors (Lipinski definition) is 3. The lowest BCUT2D eigenvalue weighted by Gasteiger charge is -2.03. The summed E-state index contributed by atoms with van der Waals surface area (Å²) >= 11 is 0. The average molecular weight is 282 g/mol. The maximum atomic E-state index is 8.96. The molecule has 1 aromatic carbocycles. The van der Waals surface area contributed by atoms with Gasteiger partial charge < -0.3 is 14.3 Å². The molecule has 0 aliphatic heterocycles. The third-order valence-electron chi connectivity index (χ3n) is 3.87. The second-order valence-corrected chi connectivity index (χ2v) is 5.10. The molecule has 2 aromatic heterocycles. The van der Waals surface area contributed by atoms with E-state index in [1.807, 2.05) is 18.3 Å². The smallest absolute Gasteiger partial charge is 0.0851 e. The Morgan fingerprint density at radius 1 is 1.19 bits per heavy atom. The molecule has 0 radical (unpaired) electrons. The molecule has 0 spiro atoms. The van der Waals surface area contributed by atoms with Gasteiger partial charge in [-0.3, -0.25) is 0 Å². The zero-order valence-electron chi connectivity index (χ0n) is 12.2. The van der Waals surface area contributed by atoms with E-state index in [1.165, 1.54) is 16.5 Å². The van der Waals surface area contributed by atoms with E-state index in [0.29, 0.717) is 12.3 Å². The van der Waals surface area contributed by atoms with E-state index in [1.54, 1.807) is 14.0 Å². The van der Waals surface area contributed by atoms with Gasteiger partial charge in [0.15, 0.2) is 0 Å². The minimum atomic E-state index is 0.605. The first-order chi connectivity index (χ1) is 10.3. The Morgan fingerprint density at radius 3 is 2.76 bits per heavy atom. The van der Waals surface area contributed by atoms with Crippen LogP contribution in [0.3, 0.4) is 0 Å². The highest BCUT2D eigenvalue weighted by Crippen LogP contribution is 2.27. The van der Waals surface area contributed by atoms with Crippen LogP contribution in [0.25, 0.3) is 16.4 Å². The molecule has 0 unspecified atom stereocenters. The van der Waals surface area contributed by atoms with Gasteiger partial charge in [0.25, 0.3) is 0 Å². The number of oxime groups is 1. The summed E-state index contributed by atoms with van der Waals surface area (Å²) in [7, 11) is 1.72. The number of pyridine rings is 1. The maximum absolute atomic E-state index is 8.96.